The number of ketones is 1. The molecule has 0 amide bonds. The lowest BCUT2D eigenvalue weighted by atomic mass is 9.49. The van der Waals surface area contributed by atoms with Crippen molar-refractivity contribution < 1.29 is 20.1 Å². The Morgan fingerprint density at radius 2 is 1.88 bits per heavy atom. The molecule has 136 valence electrons. The zero-order valence-corrected chi connectivity index (χ0v) is 15.2. The van der Waals surface area contributed by atoms with Crippen molar-refractivity contribution in [1.82, 2.24) is 0 Å². The molecule has 4 aliphatic carbocycles. The number of carbonyl (C=O) groups excluding carboxylic acids is 1. The highest BCUT2D eigenvalue weighted by Gasteiger charge is 2.59. The van der Waals surface area contributed by atoms with Gasteiger partial charge in [-0.15, -0.1) is 0 Å². The maximum atomic E-state index is 12.1. The molecule has 4 nitrogen and oxygen atoms in total. The second kappa shape index (κ2) is 5.38. The molecule has 0 aliphatic heterocycles. The van der Waals surface area contributed by atoms with Gasteiger partial charge >= 0.3 is 0 Å². The van der Waals surface area contributed by atoms with E-state index in [0.717, 1.165) is 18.4 Å². The molecule has 1 saturated carbocycles. The molecule has 4 rings (SSSR count). The zero-order chi connectivity index (χ0) is 18.1. The summed E-state index contributed by atoms with van der Waals surface area (Å²) in [6.07, 6.45) is 6.66. The highest BCUT2D eigenvalue weighted by atomic mass is 16.3. The normalized spacial score (nSPS) is 48.6. The van der Waals surface area contributed by atoms with Crippen molar-refractivity contribution in [2.45, 2.75) is 64.8 Å². The summed E-state index contributed by atoms with van der Waals surface area (Å²) in [6, 6.07) is 0. The van der Waals surface area contributed by atoms with E-state index in [4.69, 9.17) is 0 Å². The third-order valence-electron chi connectivity index (χ3n) is 7.66. The Morgan fingerprint density at radius 3 is 2.56 bits per heavy atom. The first-order valence-electron chi connectivity index (χ1n) is 9.36. The fourth-order valence-electron chi connectivity index (χ4n) is 6.15. The van der Waals surface area contributed by atoms with Crippen molar-refractivity contribution in [3.63, 3.8) is 0 Å². The highest BCUT2D eigenvalue weighted by molar-refractivity contribution is 5.95. The molecule has 0 bridgehead atoms. The minimum Gasteiger partial charge on any atom is -0.392 e. The van der Waals surface area contributed by atoms with Gasteiger partial charge in [-0.05, 0) is 55.4 Å². The van der Waals surface area contributed by atoms with Crippen LogP contribution in [0.5, 0.6) is 0 Å². The summed E-state index contributed by atoms with van der Waals surface area (Å²) in [7, 11) is 0. The maximum absolute atomic E-state index is 12.1. The van der Waals surface area contributed by atoms with Crippen LogP contribution < -0.4 is 0 Å². The Morgan fingerprint density at radius 1 is 1.16 bits per heavy atom. The van der Waals surface area contributed by atoms with Gasteiger partial charge in [0.2, 0.25) is 0 Å². The monoisotopic (exact) mass is 344 g/mol. The van der Waals surface area contributed by atoms with E-state index in [9.17, 15) is 20.1 Å². The van der Waals surface area contributed by atoms with Crippen molar-refractivity contribution in [2.24, 2.45) is 22.7 Å². The van der Waals surface area contributed by atoms with Crippen LogP contribution in [0.1, 0.15) is 46.5 Å². The minimum atomic E-state index is -0.797. The van der Waals surface area contributed by atoms with Crippen LogP contribution in [0.15, 0.2) is 34.9 Å². The predicted molar refractivity (Wildman–Crippen MR) is 94.6 cm³/mol. The van der Waals surface area contributed by atoms with E-state index in [1.165, 1.54) is 11.1 Å². The van der Waals surface area contributed by atoms with E-state index in [1.807, 2.05) is 19.1 Å². The summed E-state index contributed by atoms with van der Waals surface area (Å²) in [6.45, 7) is 5.79. The SMILES string of the molecule is CC(=O)C1=CC[C@H]2C3=CCC4=C[C@@H](O)[C@H](O)C[C@]4(C)C3C[C@@H](O)[C@]12C. The highest BCUT2D eigenvalue weighted by Crippen LogP contribution is 2.63. The van der Waals surface area contributed by atoms with Crippen LogP contribution in [0, 0.1) is 22.7 Å². The first-order valence-corrected chi connectivity index (χ1v) is 9.36. The van der Waals surface area contributed by atoms with Crippen molar-refractivity contribution in [3.05, 3.63) is 34.9 Å². The van der Waals surface area contributed by atoms with Crippen LogP contribution in [-0.4, -0.2) is 39.4 Å². The summed E-state index contributed by atoms with van der Waals surface area (Å²) in [5, 5.41) is 31.4. The molecule has 0 aromatic carbocycles. The molecule has 1 fully saturated rings. The van der Waals surface area contributed by atoms with E-state index in [0.29, 0.717) is 12.8 Å². The summed E-state index contributed by atoms with van der Waals surface area (Å²) >= 11 is 0. The average molecular weight is 344 g/mol. The lowest BCUT2D eigenvalue weighted by molar-refractivity contribution is -0.116. The van der Waals surface area contributed by atoms with Crippen LogP contribution in [0.2, 0.25) is 0 Å². The Hall–Kier alpha value is -1.23. The molecule has 4 aliphatic rings. The van der Waals surface area contributed by atoms with Gasteiger partial charge in [0.25, 0.3) is 0 Å². The average Bonchev–Trinajstić information content (AvgIpc) is 2.89. The standard InChI is InChI=1S/C21H28O4/c1-11(22)14-6-7-15-13-5-4-12-8-17(23)18(24)10-20(12,2)16(13)9-19(25)21(14,15)3/h5-6,8,15-19,23-25H,4,7,9-10H2,1-3H3/t15-,16?,17+,18+,19+,20-,21+/m0/s1. The number of hydrogen-bond acceptors (Lipinski definition) is 4. The third-order valence-corrected chi connectivity index (χ3v) is 7.66. The molecule has 3 N–H and O–H groups in total. The van der Waals surface area contributed by atoms with Crippen molar-refractivity contribution >= 4 is 5.78 Å². The lowest BCUT2D eigenvalue weighted by Gasteiger charge is -2.56. The van der Waals surface area contributed by atoms with Gasteiger partial charge in [-0.2, -0.15) is 0 Å². The summed E-state index contributed by atoms with van der Waals surface area (Å²) < 4.78 is 0. The van der Waals surface area contributed by atoms with Crippen LogP contribution in [0.25, 0.3) is 0 Å². The molecule has 0 radical (unpaired) electrons. The zero-order valence-electron chi connectivity index (χ0n) is 15.2. The summed E-state index contributed by atoms with van der Waals surface area (Å²) in [4.78, 5) is 12.1. The second-order valence-electron chi connectivity index (χ2n) is 8.83. The van der Waals surface area contributed by atoms with E-state index in [1.54, 1.807) is 6.92 Å². The van der Waals surface area contributed by atoms with Crippen LogP contribution in [0.4, 0.5) is 0 Å². The van der Waals surface area contributed by atoms with Crippen LogP contribution in [-0.2, 0) is 4.79 Å². The Labute approximate surface area is 148 Å². The fourth-order valence-corrected chi connectivity index (χ4v) is 6.15. The third kappa shape index (κ3) is 2.14. The quantitative estimate of drug-likeness (QED) is 0.638. The Balaban J connectivity index is 1.77. The molecule has 4 heteroatoms. The van der Waals surface area contributed by atoms with E-state index in [2.05, 4.69) is 13.0 Å². The van der Waals surface area contributed by atoms with Gasteiger partial charge in [0.05, 0.1) is 18.3 Å². The second-order valence-corrected chi connectivity index (χ2v) is 8.83. The van der Waals surface area contributed by atoms with E-state index < -0.39 is 23.7 Å². The summed E-state index contributed by atoms with van der Waals surface area (Å²) in [5.74, 6) is 0.367. The number of fused-ring (bicyclic) bond motifs is 5. The fraction of sp³-hybridized carbons (Fsp3) is 0.667. The van der Waals surface area contributed by atoms with Gasteiger partial charge in [0.15, 0.2) is 5.78 Å². The lowest BCUT2D eigenvalue weighted by Crippen LogP contribution is -2.53. The van der Waals surface area contributed by atoms with Crippen LogP contribution in [0.3, 0.4) is 0 Å². The van der Waals surface area contributed by atoms with Crippen molar-refractivity contribution in [2.75, 3.05) is 0 Å². The number of rotatable bonds is 1. The minimum absolute atomic E-state index is 0.0573. The van der Waals surface area contributed by atoms with Gasteiger partial charge in [0, 0.05) is 5.41 Å². The van der Waals surface area contributed by atoms with Crippen molar-refractivity contribution in [3.8, 4) is 0 Å². The van der Waals surface area contributed by atoms with Gasteiger partial charge in [-0.25, -0.2) is 0 Å². The molecule has 25 heavy (non-hydrogen) atoms. The first-order chi connectivity index (χ1) is 11.7. The number of allylic oxidation sites excluding steroid dienone is 4. The number of Topliss-reactive ketones (excluding diaryl/α,β-unsaturated/α-hetero) is 1. The Kier molecular flexibility index (Phi) is 3.70. The number of aliphatic hydroxyl groups is 3. The maximum Gasteiger partial charge on any atom is 0.156 e. The molecular weight excluding hydrogens is 316 g/mol. The van der Waals surface area contributed by atoms with Crippen molar-refractivity contribution in [1.29, 1.82) is 0 Å². The number of carbonyl (C=O) groups is 1. The van der Waals surface area contributed by atoms with Gasteiger partial charge in [-0.3, -0.25) is 4.79 Å². The van der Waals surface area contributed by atoms with E-state index >= 15 is 0 Å². The molecular formula is C21H28O4. The molecule has 1 unspecified atom stereocenters. The number of aliphatic hydroxyl groups excluding tert-OH is 3. The summed E-state index contributed by atoms with van der Waals surface area (Å²) in [5.41, 5.74) is 2.55. The molecule has 0 spiro atoms. The van der Waals surface area contributed by atoms with Gasteiger partial charge < -0.3 is 15.3 Å². The predicted octanol–water partition coefficient (Wildman–Crippen LogP) is 2.30. The first kappa shape index (κ1) is 17.2. The molecule has 0 aromatic heterocycles. The van der Waals surface area contributed by atoms with Gasteiger partial charge in [-0.1, -0.05) is 43.2 Å². The smallest absolute Gasteiger partial charge is 0.156 e. The Bertz CT molecular complexity index is 717. The molecule has 0 heterocycles. The largest absolute Gasteiger partial charge is 0.392 e. The van der Waals surface area contributed by atoms with Crippen LogP contribution >= 0.6 is 0 Å². The van der Waals surface area contributed by atoms with Gasteiger partial charge in [0.1, 0.15) is 0 Å². The van der Waals surface area contributed by atoms with E-state index in [-0.39, 0.29) is 23.0 Å². The topological polar surface area (TPSA) is 77.8 Å². The molecule has 7 atom stereocenters. The molecule has 0 aromatic rings. The number of hydrogen-bond donors (Lipinski definition) is 3. The molecule has 0 saturated heterocycles.